The molecule has 0 radical (unpaired) electrons. The first-order valence-corrected chi connectivity index (χ1v) is 4.18. The molecule has 0 unspecified atom stereocenters. The van der Waals surface area contributed by atoms with Crippen molar-refractivity contribution in [2.75, 3.05) is 26.2 Å². The number of primary amides is 1. The summed E-state index contributed by atoms with van der Waals surface area (Å²) in [5.74, 6) is -1.60. The van der Waals surface area contributed by atoms with Gasteiger partial charge in [-0.05, 0) is 0 Å². The minimum Gasteiger partial charge on any atom is -0.351 e. The number of hydrogen-bond acceptors (Lipinski definition) is 4. The lowest BCUT2D eigenvalue weighted by molar-refractivity contribution is -0.153. The van der Waals surface area contributed by atoms with Crippen LogP contribution >= 0.6 is 0 Å². The highest BCUT2D eigenvalue weighted by Gasteiger charge is 2.34. The van der Waals surface area contributed by atoms with Gasteiger partial charge >= 0.3 is 17.8 Å². The number of carbonyl (C=O) groups is 3. The van der Waals surface area contributed by atoms with Crippen LogP contribution in [0.5, 0.6) is 0 Å². The van der Waals surface area contributed by atoms with E-state index >= 15 is 0 Å². The van der Waals surface area contributed by atoms with Crippen LogP contribution in [0.4, 0.5) is 4.79 Å². The number of piperazine rings is 1. The molecule has 1 aliphatic rings. The van der Waals surface area contributed by atoms with Gasteiger partial charge in [-0.1, -0.05) is 0 Å². The molecule has 1 saturated heterocycles. The molecule has 0 aliphatic carbocycles. The van der Waals surface area contributed by atoms with E-state index in [-0.39, 0.29) is 13.1 Å². The van der Waals surface area contributed by atoms with Gasteiger partial charge in [0, 0.05) is 26.2 Å². The van der Waals surface area contributed by atoms with Crippen molar-refractivity contribution in [3.63, 3.8) is 0 Å². The maximum atomic E-state index is 11.3. The van der Waals surface area contributed by atoms with Gasteiger partial charge < -0.3 is 16.4 Å². The molecule has 0 aromatic rings. The predicted molar refractivity (Wildman–Crippen MR) is 46.9 cm³/mol. The maximum Gasteiger partial charge on any atom is 0.321 e. The van der Waals surface area contributed by atoms with Crippen molar-refractivity contribution in [3.05, 3.63) is 0 Å². The molecule has 1 heterocycles. The van der Waals surface area contributed by atoms with Gasteiger partial charge in [-0.2, -0.15) is 0 Å². The molecule has 1 aliphatic heterocycles. The van der Waals surface area contributed by atoms with E-state index < -0.39 is 17.8 Å². The monoisotopic (exact) mass is 200 g/mol. The van der Waals surface area contributed by atoms with E-state index in [1.54, 1.807) is 0 Å². The van der Waals surface area contributed by atoms with Gasteiger partial charge in [0.1, 0.15) is 0 Å². The minimum absolute atomic E-state index is 0.139. The molecule has 4 N–H and O–H groups in total. The van der Waals surface area contributed by atoms with Crippen LogP contribution in [0.2, 0.25) is 0 Å². The average Bonchev–Trinajstić information content (AvgIpc) is 2.13. The normalized spacial score (nSPS) is 17.5. The number of nitrogens with zero attached hydrogens (tertiary/aromatic N) is 2. The second-order valence-corrected chi connectivity index (χ2v) is 2.88. The van der Waals surface area contributed by atoms with E-state index in [4.69, 9.17) is 11.5 Å². The Hall–Kier alpha value is -1.63. The van der Waals surface area contributed by atoms with E-state index in [1.165, 1.54) is 4.90 Å². The van der Waals surface area contributed by atoms with E-state index in [2.05, 4.69) is 0 Å². The third kappa shape index (κ3) is 1.82. The summed E-state index contributed by atoms with van der Waals surface area (Å²) in [6.07, 6.45) is 0. The molecule has 0 bridgehead atoms. The summed E-state index contributed by atoms with van der Waals surface area (Å²) >= 11 is 0. The Balaban J connectivity index is 2.69. The van der Waals surface area contributed by atoms with Crippen LogP contribution in [0.3, 0.4) is 0 Å². The largest absolute Gasteiger partial charge is 0.351 e. The Kier molecular flexibility index (Phi) is 3.03. The van der Waals surface area contributed by atoms with Crippen molar-refractivity contribution >= 4 is 17.8 Å². The van der Waals surface area contributed by atoms with E-state index in [9.17, 15) is 14.4 Å². The number of urea groups is 1. The van der Waals surface area contributed by atoms with Crippen LogP contribution in [0, 0.1) is 0 Å². The molecule has 7 nitrogen and oxygen atoms in total. The second-order valence-electron chi connectivity index (χ2n) is 2.88. The fraction of sp³-hybridized carbons (Fsp3) is 0.571. The second kappa shape index (κ2) is 4.05. The minimum atomic E-state index is -0.893. The molecule has 0 aromatic carbocycles. The molecular formula is C7H12N4O3. The van der Waals surface area contributed by atoms with Gasteiger partial charge in [0.05, 0.1) is 0 Å². The molecule has 0 atom stereocenters. The van der Waals surface area contributed by atoms with Crippen LogP contribution in [0.25, 0.3) is 0 Å². The number of nitrogens with two attached hydrogens (primary N) is 2. The smallest absolute Gasteiger partial charge is 0.321 e. The van der Waals surface area contributed by atoms with Crippen molar-refractivity contribution in [2.45, 2.75) is 0 Å². The quantitative estimate of drug-likeness (QED) is 0.488. The molecule has 7 heteroatoms. The molecule has 78 valence electrons. The van der Waals surface area contributed by atoms with Crippen LogP contribution < -0.4 is 11.5 Å². The third-order valence-electron chi connectivity index (χ3n) is 1.97. The van der Waals surface area contributed by atoms with Crippen molar-refractivity contribution in [1.29, 1.82) is 0 Å². The predicted octanol–water partition coefficient (Wildman–Crippen LogP) is -2.31. The van der Waals surface area contributed by atoms with Crippen LogP contribution in [0.1, 0.15) is 0 Å². The zero-order chi connectivity index (χ0) is 10.7. The van der Waals surface area contributed by atoms with Gasteiger partial charge in [-0.25, -0.2) is 4.79 Å². The zero-order valence-electron chi connectivity index (χ0n) is 7.60. The van der Waals surface area contributed by atoms with E-state index in [1.807, 2.05) is 0 Å². The SMILES string of the molecule is NCCN1CCN(C(N)=O)C(=O)C1=O. The summed E-state index contributed by atoms with van der Waals surface area (Å²) in [7, 11) is 0. The summed E-state index contributed by atoms with van der Waals surface area (Å²) in [6, 6.07) is -0.893. The van der Waals surface area contributed by atoms with E-state index in [0.717, 1.165) is 4.90 Å². The summed E-state index contributed by atoms with van der Waals surface area (Å²) < 4.78 is 0. The Labute approximate surface area is 80.6 Å². The van der Waals surface area contributed by atoms with Gasteiger partial charge in [-0.3, -0.25) is 14.5 Å². The number of carbonyl (C=O) groups excluding carboxylic acids is 3. The van der Waals surface area contributed by atoms with Crippen LogP contribution in [-0.4, -0.2) is 53.8 Å². The van der Waals surface area contributed by atoms with Gasteiger partial charge in [0.2, 0.25) is 0 Å². The lowest BCUT2D eigenvalue weighted by Gasteiger charge is -2.31. The summed E-state index contributed by atoms with van der Waals surface area (Å²) in [5, 5.41) is 0. The van der Waals surface area contributed by atoms with Crippen molar-refractivity contribution < 1.29 is 14.4 Å². The summed E-state index contributed by atoms with van der Waals surface area (Å²) in [6.45, 7) is 1.04. The first kappa shape index (κ1) is 10.5. The molecule has 1 rings (SSSR count). The van der Waals surface area contributed by atoms with Crippen LogP contribution in [-0.2, 0) is 9.59 Å². The topological polar surface area (TPSA) is 110 Å². The highest BCUT2D eigenvalue weighted by atomic mass is 16.2. The average molecular weight is 200 g/mol. The maximum absolute atomic E-state index is 11.3. The number of amides is 4. The van der Waals surface area contributed by atoms with Crippen molar-refractivity contribution in [3.8, 4) is 0 Å². The Morgan fingerprint density at radius 3 is 2.43 bits per heavy atom. The third-order valence-corrected chi connectivity index (χ3v) is 1.97. The Bertz CT molecular complexity index is 278. The van der Waals surface area contributed by atoms with E-state index in [0.29, 0.717) is 13.1 Å². The molecule has 0 saturated carbocycles. The number of hydrogen-bond donors (Lipinski definition) is 2. The summed E-state index contributed by atoms with van der Waals surface area (Å²) in [5.41, 5.74) is 10.2. The Morgan fingerprint density at radius 2 is 1.93 bits per heavy atom. The first-order valence-electron chi connectivity index (χ1n) is 4.18. The van der Waals surface area contributed by atoms with Crippen molar-refractivity contribution in [1.82, 2.24) is 9.80 Å². The standard InChI is InChI=1S/C7H12N4O3/c8-1-2-10-3-4-11(7(9)14)6(13)5(10)12/h1-4,8H2,(H2,9,14). The van der Waals surface area contributed by atoms with Gasteiger partial charge in [-0.15, -0.1) is 0 Å². The zero-order valence-corrected chi connectivity index (χ0v) is 7.60. The fourth-order valence-corrected chi connectivity index (χ4v) is 1.25. The number of imide groups is 1. The molecule has 0 aromatic heterocycles. The highest BCUT2D eigenvalue weighted by molar-refractivity contribution is 6.37. The van der Waals surface area contributed by atoms with Crippen molar-refractivity contribution in [2.24, 2.45) is 11.5 Å². The van der Waals surface area contributed by atoms with Gasteiger partial charge in [0.15, 0.2) is 0 Å². The van der Waals surface area contributed by atoms with Crippen LogP contribution in [0.15, 0.2) is 0 Å². The van der Waals surface area contributed by atoms with Gasteiger partial charge in [0.25, 0.3) is 0 Å². The molecule has 14 heavy (non-hydrogen) atoms. The number of rotatable bonds is 2. The molecule has 1 fully saturated rings. The lowest BCUT2D eigenvalue weighted by atomic mass is 10.3. The first-order chi connectivity index (χ1) is 6.57. The Morgan fingerprint density at radius 1 is 1.29 bits per heavy atom. The lowest BCUT2D eigenvalue weighted by Crippen LogP contribution is -2.58. The highest BCUT2D eigenvalue weighted by Crippen LogP contribution is 2.03. The molecular weight excluding hydrogens is 188 g/mol. The fourth-order valence-electron chi connectivity index (χ4n) is 1.25. The summed E-state index contributed by atoms with van der Waals surface area (Å²) in [4.78, 5) is 35.3. The molecule has 4 amide bonds. The molecule has 0 spiro atoms.